The van der Waals surface area contributed by atoms with Gasteiger partial charge in [-0.15, -0.1) is 0 Å². The molecule has 140 valence electrons. The molecule has 8 heteroatoms. The van der Waals surface area contributed by atoms with E-state index in [1.165, 1.54) is 12.1 Å². The van der Waals surface area contributed by atoms with Crippen LogP contribution in [0, 0.1) is 0 Å². The second kappa shape index (κ2) is 7.88. The van der Waals surface area contributed by atoms with E-state index in [-0.39, 0.29) is 31.1 Å². The predicted molar refractivity (Wildman–Crippen MR) is 100 cm³/mol. The minimum Gasteiger partial charge on any atom is -0.508 e. The van der Waals surface area contributed by atoms with E-state index >= 15 is 0 Å². The molecule has 0 fully saturated rings. The summed E-state index contributed by atoms with van der Waals surface area (Å²) in [6.45, 7) is -0.293. The van der Waals surface area contributed by atoms with Gasteiger partial charge in [-0.3, -0.25) is 19.5 Å². The molecule has 2 aromatic carbocycles. The van der Waals surface area contributed by atoms with Gasteiger partial charge in [0, 0.05) is 6.42 Å². The number of anilines is 1. The summed E-state index contributed by atoms with van der Waals surface area (Å²) in [4.78, 5) is 28.6. The maximum atomic E-state index is 12.2. The van der Waals surface area contributed by atoms with Gasteiger partial charge in [0.15, 0.2) is 0 Å². The third kappa shape index (κ3) is 4.06. The van der Waals surface area contributed by atoms with Crippen LogP contribution in [0.4, 0.5) is 5.95 Å². The number of carbonyl (C=O) groups excluding carboxylic acids is 2. The number of nitrogens with two attached hydrogens (primary N) is 1. The zero-order valence-electron chi connectivity index (χ0n) is 14.5. The molecule has 1 heterocycles. The van der Waals surface area contributed by atoms with E-state index < -0.39 is 17.9 Å². The van der Waals surface area contributed by atoms with Crippen LogP contribution in [-0.4, -0.2) is 38.2 Å². The van der Waals surface area contributed by atoms with E-state index in [1.54, 1.807) is 41.0 Å². The number of primary amides is 1. The van der Waals surface area contributed by atoms with E-state index in [9.17, 15) is 14.7 Å². The smallest absolute Gasteiger partial charge is 0.240 e. The van der Waals surface area contributed by atoms with Crippen molar-refractivity contribution in [2.24, 2.45) is 5.73 Å². The number of aromatic nitrogens is 2. The van der Waals surface area contributed by atoms with Crippen LogP contribution in [-0.2, 0) is 16.0 Å². The first-order chi connectivity index (χ1) is 13.0. The van der Waals surface area contributed by atoms with Crippen LogP contribution in [0.15, 0.2) is 48.5 Å². The number of fused-ring (bicyclic) bond motifs is 1. The van der Waals surface area contributed by atoms with Crippen molar-refractivity contribution in [3.8, 4) is 5.75 Å². The maximum Gasteiger partial charge on any atom is 0.240 e. The lowest BCUT2D eigenvalue weighted by Crippen LogP contribution is -2.30. The average Bonchev–Trinajstić information content (AvgIpc) is 2.98. The second-order valence-corrected chi connectivity index (χ2v) is 6.10. The van der Waals surface area contributed by atoms with E-state index in [1.807, 2.05) is 0 Å². The summed E-state index contributed by atoms with van der Waals surface area (Å²) in [6.07, 6.45) is 0.182. The number of benzene rings is 2. The molecule has 5 N–H and O–H groups in total. The molecule has 0 bridgehead atoms. The lowest BCUT2D eigenvalue weighted by Gasteiger charge is -2.19. The average molecular weight is 368 g/mol. The van der Waals surface area contributed by atoms with Gasteiger partial charge in [0.25, 0.3) is 0 Å². The molecule has 8 nitrogen and oxygen atoms in total. The molecule has 0 saturated heterocycles. The summed E-state index contributed by atoms with van der Waals surface area (Å²) in [6, 6.07) is 12.8. The van der Waals surface area contributed by atoms with E-state index in [4.69, 9.17) is 10.8 Å². The summed E-state index contributed by atoms with van der Waals surface area (Å²) in [5, 5.41) is 21.0. The summed E-state index contributed by atoms with van der Waals surface area (Å²) >= 11 is 0. The number of nitrogens with one attached hydrogen (secondary N) is 1. The number of hydrogen-bond donors (Lipinski definition) is 4. The van der Waals surface area contributed by atoms with Gasteiger partial charge >= 0.3 is 0 Å². The molecular formula is C19H20N4O4. The standard InChI is InChI=1S/C19H20N4O4/c20-18(27)16(11-12-5-7-13(25)8-6-12)23-15-4-2-1-3-14(15)21-19(23)22-17(26)9-10-24/h1-8,16,24-25H,9-11H2,(H2,20,27)(H,21,22,26). The number of imidazole rings is 1. The molecule has 3 aromatic rings. The molecule has 0 aliphatic carbocycles. The van der Waals surface area contributed by atoms with Gasteiger partial charge in [-0.2, -0.15) is 0 Å². The number of aliphatic hydroxyl groups excluding tert-OH is 1. The van der Waals surface area contributed by atoms with Gasteiger partial charge < -0.3 is 15.9 Å². The number of phenols is 1. The fourth-order valence-electron chi connectivity index (χ4n) is 2.91. The summed E-state index contributed by atoms with van der Waals surface area (Å²) in [5.41, 5.74) is 7.72. The fraction of sp³-hybridized carbons (Fsp3) is 0.211. The molecule has 0 aliphatic heterocycles. The highest BCUT2D eigenvalue weighted by molar-refractivity contribution is 5.93. The first-order valence-electron chi connectivity index (χ1n) is 8.44. The van der Waals surface area contributed by atoms with Gasteiger partial charge in [0.1, 0.15) is 11.8 Å². The molecule has 0 spiro atoms. The zero-order chi connectivity index (χ0) is 19.4. The van der Waals surface area contributed by atoms with Crippen molar-refractivity contribution in [3.63, 3.8) is 0 Å². The number of aliphatic hydroxyl groups is 1. The van der Waals surface area contributed by atoms with E-state index in [2.05, 4.69) is 10.3 Å². The number of phenolic OH excluding ortho intramolecular Hbond substituents is 1. The van der Waals surface area contributed by atoms with Crippen LogP contribution >= 0.6 is 0 Å². The van der Waals surface area contributed by atoms with Crippen LogP contribution in [0.5, 0.6) is 5.75 Å². The minimum atomic E-state index is -0.800. The first kappa shape index (κ1) is 18.4. The maximum absolute atomic E-state index is 12.2. The second-order valence-electron chi connectivity index (χ2n) is 6.10. The van der Waals surface area contributed by atoms with E-state index in [0.29, 0.717) is 11.0 Å². The Labute approximate surface area is 155 Å². The first-order valence-corrected chi connectivity index (χ1v) is 8.44. The molecule has 2 amide bonds. The Morgan fingerprint density at radius 2 is 1.85 bits per heavy atom. The number of nitrogens with zero attached hydrogens (tertiary/aromatic N) is 2. The molecule has 27 heavy (non-hydrogen) atoms. The Balaban J connectivity index is 2.05. The Morgan fingerprint density at radius 1 is 1.15 bits per heavy atom. The van der Waals surface area contributed by atoms with Crippen molar-refractivity contribution in [1.29, 1.82) is 0 Å². The quantitative estimate of drug-likeness (QED) is 0.500. The number of carbonyl (C=O) groups is 2. The Morgan fingerprint density at radius 3 is 2.52 bits per heavy atom. The van der Waals surface area contributed by atoms with Gasteiger partial charge in [0.2, 0.25) is 17.8 Å². The highest BCUT2D eigenvalue weighted by Crippen LogP contribution is 2.27. The van der Waals surface area contributed by atoms with Crippen LogP contribution < -0.4 is 11.1 Å². The topological polar surface area (TPSA) is 130 Å². The molecule has 1 unspecified atom stereocenters. The van der Waals surface area contributed by atoms with Crippen molar-refractivity contribution in [2.75, 3.05) is 11.9 Å². The lowest BCUT2D eigenvalue weighted by molar-refractivity contribution is -0.121. The predicted octanol–water partition coefficient (Wildman–Crippen LogP) is 1.33. The van der Waals surface area contributed by atoms with Crippen molar-refractivity contribution < 1.29 is 19.8 Å². The van der Waals surface area contributed by atoms with Crippen LogP contribution in [0.2, 0.25) is 0 Å². The molecule has 0 aliphatic rings. The van der Waals surface area contributed by atoms with Crippen LogP contribution in [0.1, 0.15) is 18.0 Å². The monoisotopic (exact) mass is 368 g/mol. The minimum absolute atomic E-state index is 0.0809. The molecule has 1 aromatic heterocycles. The molecule has 0 saturated carbocycles. The summed E-state index contributed by atoms with van der Waals surface area (Å²) in [5.74, 6) is -0.678. The summed E-state index contributed by atoms with van der Waals surface area (Å²) < 4.78 is 1.60. The van der Waals surface area contributed by atoms with Gasteiger partial charge in [-0.1, -0.05) is 24.3 Å². The largest absolute Gasteiger partial charge is 0.508 e. The Bertz CT molecular complexity index is 966. The normalized spacial score (nSPS) is 12.0. The van der Waals surface area contributed by atoms with Crippen molar-refractivity contribution >= 4 is 28.8 Å². The van der Waals surface area contributed by atoms with Crippen LogP contribution in [0.25, 0.3) is 11.0 Å². The lowest BCUT2D eigenvalue weighted by atomic mass is 10.0. The van der Waals surface area contributed by atoms with Crippen molar-refractivity contribution in [3.05, 3.63) is 54.1 Å². The van der Waals surface area contributed by atoms with Gasteiger partial charge in [-0.25, -0.2) is 4.98 Å². The number of amides is 2. The number of rotatable bonds is 7. The molecule has 3 rings (SSSR count). The van der Waals surface area contributed by atoms with Crippen molar-refractivity contribution in [1.82, 2.24) is 9.55 Å². The third-order valence-electron chi connectivity index (χ3n) is 4.19. The molecule has 1 atom stereocenters. The van der Waals surface area contributed by atoms with Crippen molar-refractivity contribution in [2.45, 2.75) is 18.9 Å². The Kier molecular flexibility index (Phi) is 5.37. The van der Waals surface area contributed by atoms with Gasteiger partial charge in [-0.05, 0) is 29.8 Å². The van der Waals surface area contributed by atoms with Crippen LogP contribution in [0.3, 0.4) is 0 Å². The molecular weight excluding hydrogens is 348 g/mol. The van der Waals surface area contributed by atoms with Gasteiger partial charge in [0.05, 0.1) is 24.1 Å². The third-order valence-corrected chi connectivity index (χ3v) is 4.19. The highest BCUT2D eigenvalue weighted by Gasteiger charge is 2.25. The zero-order valence-corrected chi connectivity index (χ0v) is 14.5. The summed E-state index contributed by atoms with van der Waals surface area (Å²) in [7, 11) is 0. The number of aromatic hydroxyl groups is 1. The van der Waals surface area contributed by atoms with E-state index in [0.717, 1.165) is 5.56 Å². The fourth-order valence-corrected chi connectivity index (χ4v) is 2.91. The Hall–Kier alpha value is -3.39. The number of para-hydroxylation sites is 2. The number of hydrogen-bond acceptors (Lipinski definition) is 5. The highest BCUT2D eigenvalue weighted by atomic mass is 16.3. The molecule has 0 radical (unpaired) electrons. The SMILES string of the molecule is NC(=O)C(Cc1ccc(O)cc1)n1c(NC(=O)CCO)nc2ccccc21.